The summed E-state index contributed by atoms with van der Waals surface area (Å²) in [6, 6.07) is 8.24. The maximum Gasteiger partial charge on any atom is 0.158 e. The van der Waals surface area contributed by atoms with Gasteiger partial charge < -0.3 is 4.74 Å². The highest BCUT2D eigenvalue weighted by molar-refractivity contribution is 5.97. The normalized spacial score (nSPS) is 16.3. The van der Waals surface area contributed by atoms with E-state index in [4.69, 9.17) is 4.74 Å². The minimum Gasteiger partial charge on any atom is -0.497 e. The van der Waals surface area contributed by atoms with Gasteiger partial charge in [-0.25, -0.2) is 0 Å². The molecule has 1 unspecified atom stereocenters. The summed E-state index contributed by atoms with van der Waals surface area (Å²) in [5.41, 5.74) is 2.33. The smallest absolute Gasteiger partial charge is 0.158 e. The van der Waals surface area contributed by atoms with Crippen molar-refractivity contribution < 1.29 is 9.53 Å². The van der Waals surface area contributed by atoms with Crippen molar-refractivity contribution in [3.05, 3.63) is 53.6 Å². The molecule has 0 saturated carbocycles. The van der Waals surface area contributed by atoms with Crippen molar-refractivity contribution in [3.63, 3.8) is 0 Å². The molecular weight excluding hydrogens is 260 g/mol. The molecule has 0 N–H and O–H groups in total. The Kier molecular flexibility index (Phi) is 5.79. The highest BCUT2D eigenvalue weighted by Crippen LogP contribution is 2.24. The number of ketones is 1. The summed E-state index contributed by atoms with van der Waals surface area (Å²) in [6.07, 6.45) is 11.0. The highest BCUT2D eigenvalue weighted by Gasteiger charge is 2.13. The maximum atomic E-state index is 11.5. The maximum absolute atomic E-state index is 11.5. The van der Waals surface area contributed by atoms with E-state index in [0.29, 0.717) is 18.1 Å². The average Bonchev–Trinajstić information content (AvgIpc) is 2.92. The molecule has 2 heteroatoms. The van der Waals surface area contributed by atoms with Crippen molar-refractivity contribution in [2.45, 2.75) is 44.9 Å². The fraction of sp³-hybridized carbons (Fsp3) is 0.421. The number of rotatable bonds is 7. The Morgan fingerprint density at radius 1 is 1.33 bits per heavy atom. The molecule has 2 rings (SSSR count). The van der Waals surface area contributed by atoms with Crippen molar-refractivity contribution in [2.24, 2.45) is 0 Å². The number of hydrogen-bond donors (Lipinski definition) is 0. The van der Waals surface area contributed by atoms with Crippen LogP contribution in [-0.2, 0) is 4.79 Å². The van der Waals surface area contributed by atoms with Gasteiger partial charge in [-0.2, -0.15) is 0 Å². The van der Waals surface area contributed by atoms with Crippen molar-refractivity contribution in [1.82, 2.24) is 0 Å². The van der Waals surface area contributed by atoms with Crippen LogP contribution < -0.4 is 4.74 Å². The number of allylic oxidation sites excluding steroid dienone is 4. The first-order valence-corrected chi connectivity index (χ1v) is 7.72. The first-order chi connectivity index (χ1) is 10.2. The van der Waals surface area contributed by atoms with Crippen LogP contribution >= 0.6 is 0 Å². The van der Waals surface area contributed by atoms with E-state index in [1.165, 1.54) is 5.56 Å². The molecule has 0 aromatic heterocycles. The zero-order valence-electron chi connectivity index (χ0n) is 13.0. The molecule has 2 nitrogen and oxygen atoms in total. The Bertz CT molecular complexity index is 540. The van der Waals surface area contributed by atoms with Gasteiger partial charge in [0.2, 0.25) is 0 Å². The summed E-state index contributed by atoms with van der Waals surface area (Å²) in [7, 11) is 1.70. The van der Waals surface area contributed by atoms with E-state index in [0.717, 1.165) is 37.0 Å². The molecule has 1 aliphatic carbocycles. The van der Waals surface area contributed by atoms with E-state index in [1.54, 1.807) is 7.11 Å². The molecule has 1 aromatic rings. The van der Waals surface area contributed by atoms with Crippen LogP contribution in [0.3, 0.4) is 0 Å². The van der Waals surface area contributed by atoms with Crippen LogP contribution in [0.5, 0.6) is 5.75 Å². The number of ether oxygens (including phenoxy) is 1. The minimum atomic E-state index is 0.341. The SMILES string of the molecule is COc1cccc(C(C)CC=CCCC2=CCCC2=O)c1. The van der Waals surface area contributed by atoms with Gasteiger partial charge in [0.15, 0.2) is 5.78 Å². The monoisotopic (exact) mass is 284 g/mol. The van der Waals surface area contributed by atoms with Gasteiger partial charge in [0.05, 0.1) is 7.11 Å². The van der Waals surface area contributed by atoms with Gasteiger partial charge in [-0.1, -0.05) is 37.3 Å². The van der Waals surface area contributed by atoms with Crippen LogP contribution in [0.1, 0.15) is 50.5 Å². The number of hydrogen-bond acceptors (Lipinski definition) is 2. The third kappa shape index (κ3) is 4.59. The first kappa shape index (κ1) is 15.6. The lowest BCUT2D eigenvalue weighted by Gasteiger charge is -2.10. The number of carbonyl (C=O) groups is 1. The van der Waals surface area contributed by atoms with Gasteiger partial charge in [0.1, 0.15) is 5.75 Å². The average molecular weight is 284 g/mol. The number of benzene rings is 1. The van der Waals surface area contributed by atoms with Gasteiger partial charge in [-0.05, 0) is 54.9 Å². The molecule has 0 spiro atoms. The van der Waals surface area contributed by atoms with Crippen LogP contribution in [0.2, 0.25) is 0 Å². The quantitative estimate of drug-likeness (QED) is 0.671. The predicted molar refractivity (Wildman–Crippen MR) is 86.7 cm³/mol. The molecule has 1 aromatic carbocycles. The van der Waals surface area contributed by atoms with Crippen molar-refractivity contribution in [1.29, 1.82) is 0 Å². The Hall–Kier alpha value is -1.83. The second kappa shape index (κ2) is 7.82. The third-order valence-corrected chi connectivity index (χ3v) is 4.02. The summed E-state index contributed by atoms with van der Waals surface area (Å²) in [5, 5.41) is 0. The lowest BCUT2D eigenvalue weighted by molar-refractivity contribution is -0.115. The van der Waals surface area contributed by atoms with Gasteiger partial charge in [-0.3, -0.25) is 4.79 Å². The van der Waals surface area contributed by atoms with E-state index >= 15 is 0 Å². The number of methoxy groups -OCH3 is 1. The third-order valence-electron chi connectivity index (χ3n) is 4.02. The Balaban J connectivity index is 1.76. The van der Waals surface area contributed by atoms with E-state index in [-0.39, 0.29) is 0 Å². The largest absolute Gasteiger partial charge is 0.497 e. The van der Waals surface area contributed by atoms with Crippen LogP contribution in [0.25, 0.3) is 0 Å². The zero-order chi connectivity index (χ0) is 15.1. The van der Waals surface area contributed by atoms with Gasteiger partial charge in [0, 0.05) is 6.42 Å². The summed E-state index contributed by atoms with van der Waals surface area (Å²) in [6.45, 7) is 2.22. The van der Waals surface area contributed by atoms with Crippen LogP contribution in [0, 0.1) is 0 Å². The Labute approximate surface area is 127 Å². The molecule has 1 aliphatic rings. The first-order valence-electron chi connectivity index (χ1n) is 7.72. The summed E-state index contributed by atoms with van der Waals surface area (Å²) >= 11 is 0. The summed E-state index contributed by atoms with van der Waals surface area (Å²) in [4.78, 5) is 11.5. The molecule has 0 aliphatic heterocycles. The van der Waals surface area contributed by atoms with Crippen LogP contribution in [0.4, 0.5) is 0 Å². The van der Waals surface area contributed by atoms with E-state index in [2.05, 4.69) is 37.3 Å². The molecule has 0 fully saturated rings. The molecule has 21 heavy (non-hydrogen) atoms. The molecule has 0 heterocycles. The summed E-state index contributed by atoms with van der Waals surface area (Å²) < 4.78 is 5.26. The Morgan fingerprint density at radius 2 is 2.19 bits per heavy atom. The zero-order valence-corrected chi connectivity index (χ0v) is 13.0. The van der Waals surface area contributed by atoms with Crippen molar-refractivity contribution in [2.75, 3.05) is 7.11 Å². The van der Waals surface area contributed by atoms with Gasteiger partial charge in [0.25, 0.3) is 0 Å². The highest BCUT2D eigenvalue weighted by atomic mass is 16.5. The molecule has 0 saturated heterocycles. The second-order valence-corrected chi connectivity index (χ2v) is 5.61. The molecular formula is C19H24O2. The van der Waals surface area contributed by atoms with E-state index in [1.807, 2.05) is 12.1 Å². The number of carbonyl (C=O) groups excluding carboxylic acids is 1. The molecule has 0 amide bonds. The predicted octanol–water partition coefficient (Wildman–Crippen LogP) is 4.81. The second-order valence-electron chi connectivity index (χ2n) is 5.61. The van der Waals surface area contributed by atoms with Gasteiger partial charge in [-0.15, -0.1) is 0 Å². The van der Waals surface area contributed by atoms with E-state index in [9.17, 15) is 4.79 Å². The van der Waals surface area contributed by atoms with Crippen LogP contribution in [-0.4, -0.2) is 12.9 Å². The summed E-state index contributed by atoms with van der Waals surface area (Å²) in [5.74, 6) is 1.73. The minimum absolute atomic E-state index is 0.341. The van der Waals surface area contributed by atoms with Crippen LogP contribution in [0.15, 0.2) is 48.1 Å². The lowest BCUT2D eigenvalue weighted by atomic mass is 9.97. The Morgan fingerprint density at radius 3 is 2.90 bits per heavy atom. The van der Waals surface area contributed by atoms with Gasteiger partial charge >= 0.3 is 0 Å². The topological polar surface area (TPSA) is 26.3 Å². The van der Waals surface area contributed by atoms with Crippen molar-refractivity contribution >= 4 is 5.78 Å². The fourth-order valence-electron chi connectivity index (χ4n) is 2.63. The molecule has 112 valence electrons. The van der Waals surface area contributed by atoms with E-state index < -0.39 is 0 Å². The lowest BCUT2D eigenvalue weighted by Crippen LogP contribution is -1.95. The molecule has 0 radical (unpaired) electrons. The molecule has 1 atom stereocenters. The fourth-order valence-corrected chi connectivity index (χ4v) is 2.63. The standard InChI is InChI=1S/C19H24O2/c1-15(17-11-6-12-18(14-17)21-2)8-4-3-5-9-16-10-7-13-19(16)20/h3-4,6,10-12,14-15H,5,7-9,13H2,1-2H3. The number of Topliss-reactive ketones (excluding diaryl/α,β-unsaturated/α-hetero) is 1. The molecule has 0 bridgehead atoms. The van der Waals surface area contributed by atoms with Crippen molar-refractivity contribution in [3.8, 4) is 5.75 Å².